The lowest BCUT2D eigenvalue weighted by atomic mass is 9.91. The lowest BCUT2D eigenvalue weighted by Crippen LogP contribution is -2.36. The van der Waals surface area contributed by atoms with Gasteiger partial charge in [0.1, 0.15) is 0 Å². The van der Waals surface area contributed by atoms with Crippen LogP contribution in [-0.2, 0) is 4.79 Å². The van der Waals surface area contributed by atoms with E-state index in [9.17, 15) is 4.79 Å². The summed E-state index contributed by atoms with van der Waals surface area (Å²) >= 11 is 0. The lowest BCUT2D eigenvalue weighted by Gasteiger charge is -2.20. The molecule has 3 nitrogen and oxygen atoms in total. The van der Waals surface area contributed by atoms with Gasteiger partial charge in [-0.2, -0.15) is 0 Å². The van der Waals surface area contributed by atoms with Crippen LogP contribution >= 0.6 is 0 Å². The van der Waals surface area contributed by atoms with E-state index < -0.39 is 0 Å². The predicted octanol–water partition coefficient (Wildman–Crippen LogP) is 2.28. The van der Waals surface area contributed by atoms with E-state index in [0.717, 1.165) is 5.69 Å². The molecule has 1 atom stereocenters. The number of carbonyl (C=O) groups excluding carboxylic acids is 1. The number of hydrogen-bond acceptors (Lipinski definition) is 1. The molecule has 1 rings (SSSR count). The third kappa shape index (κ3) is 3.11. The molecule has 0 aliphatic rings. The van der Waals surface area contributed by atoms with Crippen molar-refractivity contribution in [3.05, 3.63) is 24.0 Å². The normalized spacial score (nSPS) is 13.2. The zero-order chi connectivity index (χ0) is 11.4. The number of hydrogen-bond donors (Lipinski definition) is 2. The number of aromatic amines is 1. The van der Waals surface area contributed by atoms with Gasteiger partial charge in [0.2, 0.25) is 5.91 Å². The van der Waals surface area contributed by atoms with E-state index in [2.05, 4.69) is 24.1 Å². The summed E-state index contributed by atoms with van der Waals surface area (Å²) in [5.41, 5.74) is 0.989. The zero-order valence-electron chi connectivity index (χ0n) is 9.87. The predicted molar refractivity (Wildman–Crippen MR) is 61.7 cm³/mol. The topological polar surface area (TPSA) is 44.9 Å². The van der Waals surface area contributed by atoms with E-state index in [0.29, 0.717) is 5.92 Å². The van der Waals surface area contributed by atoms with Crippen LogP contribution in [0.5, 0.6) is 0 Å². The third-order valence-electron chi connectivity index (χ3n) is 2.34. The van der Waals surface area contributed by atoms with Crippen molar-refractivity contribution < 1.29 is 4.79 Å². The first kappa shape index (κ1) is 11.8. The van der Waals surface area contributed by atoms with Gasteiger partial charge in [-0.25, -0.2) is 0 Å². The Kier molecular flexibility index (Phi) is 3.95. The summed E-state index contributed by atoms with van der Waals surface area (Å²) in [5, 5.41) is 2.95. The minimum absolute atomic E-state index is 0.0811. The zero-order valence-corrected chi connectivity index (χ0v) is 9.87. The molecule has 1 heterocycles. The highest BCUT2D eigenvalue weighted by Gasteiger charge is 2.24. The van der Waals surface area contributed by atoms with E-state index in [-0.39, 0.29) is 17.9 Å². The second-order valence-electron chi connectivity index (χ2n) is 4.51. The van der Waals surface area contributed by atoms with Crippen molar-refractivity contribution in [3.8, 4) is 0 Å². The first-order valence-electron chi connectivity index (χ1n) is 5.46. The van der Waals surface area contributed by atoms with Gasteiger partial charge in [0.25, 0.3) is 0 Å². The number of aromatic nitrogens is 1. The van der Waals surface area contributed by atoms with Crippen molar-refractivity contribution >= 4 is 5.91 Å². The van der Waals surface area contributed by atoms with Crippen molar-refractivity contribution in [2.45, 2.75) is 39.7 Å². The Morgan fingerprint density at radius 1 is 1.33 bits per heavy atom. The van der Waals surface area contributed by atoms with Crippen LogP contribution in [0.3, 0.4) is 0 Å². The van der Waals surface area contributed by atoms with Gasteiger partial charge in [-0.3, -0.25) is 4.79 Å². The summed E-state index contributed by atoms with van der Waals surface area (Å²) in [6.45, 7) is 8.07. The fourth-order valence-electron chi connectivity index (χ4n) is 1.72. The summed E-state index contributed by atoms with van der Waals surface area (Å²) < 4.78 is 0. The average Bonchev–Trinajstić information content (AvgIpc) is 2.54. The van der Waals surface area contributed by atoms with Crippen molar-refractivity contribution in [2.24, 2.45) is 5.92 Å². The highest BCUT2D eigenvalue weighted by atomic mass is 16.1. The van der Waals surface area contributed by atoms with Gasteiger partial charge in [-0.1, -0.05) is 13.8 Å². The second-order valence-corrected chi connectivity index (χ2v) is 4.51. The number of H-pyrrole nitrogens is 1. The first-order valence-corrected chi connectivity index (χ1v) is 5.46. The molecule has 0 radical (unpaired) electrons. The van der Waals surface area contributed by atoms with Gasteiger partial charge in [-0.15, -0.1) is 0 Å². The van der Waals surface area contributed by atoms with Crippen LogP contribution in [0.15, 0.2) is 18.3 Å². The molecule has 1 aromatic rings. The quantitative estimate of drug-likeness (QED) is 0.783. The highest BCUT2D eigenvalue weighted by molar-refractivity contribution is 5.83. The summed E-state index contributed by atoms with van der Waals surface area (Å²) in [6, 6.07) is 4.08. The first-order chi connectivity index (χ1) is 7.02. The number of rotatable bonds is 4. The molecule has 0 spiro atoms. The minimum atomic E-state index is -0.0811. The Bertz CT molecular complexity index is 301. The molecular weight excluding hydrogens is 188 g/mol. The smallest absolute Gasteiger partial charge is 0.229 e. The standard InChI is InChI=1S/C12H20N2O/c1-8(2)11(10-6-5-7-13-10)12(15)14-9(3)4/h5-9,11,13H,1-4H3,(H,14,15). The largest absolute Gasteiger partial charge is 0.364 e. The van der Waals surface area contributed by atoms with E-state index in [4.69, 9.17) is 0 Å². The maximum absolute atomic E-state index is 12.0. The maximum Gasteiger partial charge on any atom is 0.229 e. The van der Waals surface area contributed by atoms with E-state index in [1.54, 1.807) is 0 Å². The van der Waals surface area contributed by atoms with Crippen LogP contribution in [0.2, 0.25) is 0 Å². The van der Waals surface area contributed by atoms with Crippen LogP contribution < -0.4 is 5.32 Å². The van der Waals surface area contributed by atoms with Crippen LogP contribution in [0, 0.1) is 5.92 Å². The molecule has 2 N–H and O–H groups in total. The van der Waals surface area contributed by atoms with Gasteiger partial charge in [-0.05, 0) is 31.9 Å². The summed E-state index contributed by atoms with van der Waals surface area (Å²) in [5.74, 6) is 0.312. The molecule has 0 aliphatic heterocycles. The molecule has 1 amide bonds. The van der Waals surface area contributed by atoms with Crippen LogP contribution in [-0.4, -0.2) is 16.9 Å². The molecule has 15 heavy (non-hydrogen) atoms. The highest BCUT2D eigenvalue weighted by Crippen LogP contribution is 2.23. The van der Waals surface area contributed by atoms with Gasteiger partial charge in [0.05, 0.1) is 5.92 Å². The lowest BCUT2D eigenvalue weighted by molar-refractivity contribution is -0.124. The third-order valence-corrected chi connectivity index (χ3v) is 2.34. The van der Waals surface area contributed by atoms with E-state index in [1.807, 2.05) is 32.2 Å². The summed E-state index contributed by atoms with van der Waals surface area (Å²) in [4.78, 5) is 15.1. The number of nitrogens with one attached hydrogen (secondary N) is 2. The molecular formula is C12H20N2O. The Morgan fingerprint density at radius 3 is 2.40 bits per heavy atom. The molecule has 0 saturated heterocycles. The molecule has 84 valence electrons. The van der Waals surface area contributed by atoms with Gasteiger partial charge < -0.3 is 10.3 Å². The Labute approximate surface area is 91.3 Å². The number of amides is 1. The second kappa shape index (κ2) is 5.01. The molecule has 0 saturated carbocycles. The molecule has 3 heteroatoms. The molecule has 0 bridgehead atoms. The summed E-state index contributed by atoms with van der Waals surface area (Å²) in [7, 11) is 0. The Hall–Kier alpha value is -1.25. The van der Waals surface area contributed by atoms with Crippen molar-refractivity contribution in [1.82, 2.24) is 10.3 Å². The van der Waals surface area contributed by atoms with Gasteiger partial charge in [0, 0.05) is 17.9 Å². The van der Waals surface area contributed by atoms with E-state index >= 15 is 0 Å². The van der Waals surface area contributed by atoms with Crippen molar-refractivity contribution in [1.29, 1.82) is 0 Å². The van der Waals surface area contributed by atoms with Crippen molar-refractivity contribution in [2.75, 3.05) is 0 Å². The van der Waals surface area contributed by atoms with Crippen LogP contribution in [0.25, 0.3) is 0 Å². The Balaban J connectivity index is 2.80. The summed E-state index contributed by atoms with van der Waals surface area (Å²) in [6.07, 6.45) is 1.85. The SMILES string of the molecule is CC(C)NC(=O)C(c1ccc[nH]1)C(C)C. The Morgan fingerprint density at radius 2 is 2.00 bits per heavy atom. The monoisotopic (exact) mass is 208 g/mol. The van der Waals surface area contributed by atoms with Gasteiger partial charge >= 0.3 is 0 Å². The molecule has 1 unspecified atom stereocenters. The van der Waals surface area contributed by atoms with Crippen molar-refractivity contribution in [3.63, 3.8) is 0 Å². The molecule has 0 aliphatic carbocycles. The van der Waals surface area contributed by atoms with Crippen LogP contribution in [0.4, 0.5) is 0 Å². The maximum atomic E-state index is 12.0. The number of carbonyl (C=O) groups is 1. The fourth-order valence-corrected chi connectivity index (χ4v) is 1.72. The van der Waals surface area contributed by atoms with Gasteiger partial charge in [0.15, 0.2) is 0 Å². The molecule has 0 fully saturated rings. The average molecular weight is 208 g/mol. The molecule has 0 aromatic carbocycles. The molecule has 1 aromatic heterocycles. The van der Waals surface area contributed by atoms with Crippen LogP contribution in [0.1, 0.15) is 39.3 Å². The van der Waals surface area contributed by atoms with E-state index in [1.165, 1.54) is 0 Å². The fraction of sp³-hybridized carbons (Fsp3) is 0.583. The minimum Gasteiger partial charge on any atom is -0.364 e.